The van der Waals surface area contributed by atoms with Gasteiger partial charge in [0.05, 0.1) is 5.56 Å². The molecule has 20 heavy (non-hydrogen) atoms. The molecule has 6 heteroatoms. The Labute approximate surface area is 126 Å². The molecule has 1 rings (SSSR count). The molecule has 2 nitrogen and oxygen atoms in total. The first-order valence-corrected chi connectivity index (χ1v) is 7.37. The summed E-state index contributed by atoms with van der Waals surface area (Å²) in [6, 6.07) is 3.70. The number of hydrazine groups is 1. The van der Waals surface area contributed by atoms with Crippen molar-refractivity contribution >= 4 is 15.9 Å². The summed E-state index contributed by atoms with van der Waals surface area (Å²) in [5.41, 5.74) is 2.07. The summed E-state index contributed by atoms with van der Waals surface area (Å²) < 4.78 is 39.7. The maximum absolute atomic E-state index is 13.1. The molecule has 3 N–H and O–H groups in total. The number of alkyl halides is 3. The first-order chi connectivity index (χ1) is 9.25. The Morgan fingerprint density at radius 3 is 2.40 bits per heavy atom. The lowest BCUT2D eigenvalue weighted by Gasteiger charge is -2.21. The van der Waals surface area contributed by atoms with Gasteiger partial charge in [-0.15, -0.1) is 0 Å². The van der Waals surface area contributed by atoms with Gasteiger partial charge in [0.2, 0.25) is 0 Å². The van der Waals surface area contributed by atoms with Crippen LogP contribution in [0, 0.1) is 5.92 Å². The molecule has 0 fully saturated rings. The number of hydrogen-bond acceptors (Lipinski definition) is 2. The van der Waals surface area contributed by atoms with Gasteiger partial charge in [0, 0.05) is 10.5 Å². The number of halogens is 4. The van der Waals surface area contributed by atoms with E-state index in [-0.39, 0.29) is 5.56 Å². The number of nitrogens with one attached hydrogen (secondary N) is 1. The van der Waals surface area contributed by atoms with Crippen molar-refractivity contribution in [3.63, 3.8) is 0 Å². The fourth-order valence-electron chi connectivity index (χ4n) is 2.14. The number of benzene rings is 1. The molecule has 0 aliphatic rings. The van der Waals surface area contributed by atoms with Crippen LogP contribution in [0.15, 0.2) is 22.7 Å². The monoisotopic (exact) mass is 352 g/mol. The van der Waals surface area contributed by atoms with Crippen LogP contribution in [0.25, 0.3) is 0 Å². The summed E-state index contributed by atoms with van der Waals surface area (Å²) in [5, 5.41) is 0. The van der Waals surface area contributed by atoms with Crippen molar-refractivity contribution in [2.45, 2.75) is 45.3 Å². The zero-order valence-electron chi connectivity index (χ0n) is 11.6. The van der Waals surface area contributed by atoms with Crippen molar-refractivity contribution < 1.29 is 13.2 Å². The molecule has 0 aliphatic heterocycles. The summed E-state index contributed by atoms with van der Waals surface area (Å²) in [5.74, 6) is 5.97. The molecular weight excluding hydrogens is 333 g/mol. The van der Waals surface area contributed by atoms with Gasteiger partial charge in [0.1, 0.15) is 0 Å². The smallest absolute Gasteiger partial charge is 0.271 e. The lowest BCUT2D eigenvalue weighted by atomic mass is 9.94. The zero-order valence-corrected chi connectivity index (χ0v) is 13.2. The molecule has 0 heterocycles. The summed E-state index contributed by atoms with van der Waals surface area (Å²) in [6.45, 7) is 4.18. The van der Waals surface area contributed by atoms with E-state index in [1.165, 1.54) is 6.07 Å². The number of hydrogen-bond donors (Lipinski definition) is 2. The molecule has 114 valence electrons. The van der Waals surface area contributed by atoms with E-state index in [0.29, 0.717) is 16.8 Å². The molecule has 0 radical (unpaired) electrons. The van der Waals surface area contributed by atoms with E-state index in [1.807, 2.05) is 0 Å². The molecule has 1 aromatic rings. The van der Waals surface area contributed by atoms with Gasteiger partial charge >= 0.3 is 6.18 Å². The van der Waals surface area contributed by atoms with E-state index in [2.05, 4.69) is 35.2 Å². The SMILES string of the molecule is CC(C)CCCC(NN)c1ccc(Br)cc1C(F)(F)F. The van der Waals surface area contributed by atoms with Gasteiger partial charge in [-0.1, -0.05) is 48.7 Å². The summed E-state index contributed by atoms with van der Waals surface area (Å²) in [4.78, 5) is 0. The minimum Gasteiger partial charge on any atom is -0.271 e. The second kappa shape index (κ2) is 7.43. The second-order valence-electron chi connectivity index (χ2n) is 5.27. The van der Waals surface area contributed by atoms with Crippen LogP contribution in [-0.2, 0) is 6.18 Å². The third-order valence-electron chi connectivity index (χ3n) is 3.17. The Hall–Kier alpha value is -0.590. The molecule has 0 saturated carbocycles. The molecule has 0 aromatic heterocycles. The van der Waals surface area contributed by atoms with E-state index in [0.717, 1.165) is 18.9 Å². The van der Waals surface area contributed by atoms with E-state index in [4.69, 9.17) is 5.84 Å². The summed E-state index contributed by atoms with van der Waals surface area (Å²) in [6.07, 6.45) is -2.00. The second-order valence-corrected chi connectivity index (χ2v) is 6.19. The molecule has 0 saturated heterocycles. The van der Waals surface area contributed by atoms with E-state index in [1.54, 1.807) is 6.07 Å². The third kappa shape index (κ3) is 5.07. The first-order valence-electron chi connectivity index (χ1n) is 6.58. The highest BCUT2D eigenvalue weighted by Crippen LogP contribution is 2.37. The van der Waals surface area contributed by atoms with Crippen molar-refractivity contribution in [3.8, 4) is 0 Å². The van der Waals surface area contributed by atoms with E-state index < -0.39 is 17.8 Å². The van der Waals surface area contributed by atoms with Crippen LogP contribution in [-0.4, -0.2) is 0 Å². The van der Waals surface area contributed by atoms with E-state index in [9.17, 15) is 13.2 Å². The predicted molar refractivity (Wildman–Crippen MR) is 77.9 cm³/mol. The quantitative estimate of drug-likeness (QED) is 0.570. The van der Waals surface area contributed by atoms with Gasteiger partial charge < -0.3 is 0 Å². The normalized spacial score (nSPS) is 13.8. The zero-order chi connectivity index (χ0) is 15.3. The molecule has 0 amide bonds. The van der Waals surface area contributed by atoms with Gasteiger partial charge in [-0.25, -0.2) is 0 Å². The topological polar surface area (TPSA) is 38.0 Å². The van der Waals surface area contributed by atoms with Crippen LogP contribution in [0.5, 0.6) is 0 Å². The molecule has 0 bridgehead atoms. The lowest BCUT2D eigenvalue weighted by molar-refractivity contribution is -0.138. The maximum Gasteiger partial charge on any atom is 0.416 e. The molecule has 0 spiro atoms. The lowest BCUT2D eigenvalue weighted by Crippen LogP contribution is -2.30. The molecule has 1 aromatic carbocycles. The van der Waals surface area contributed by atoms with Crippen molar-refractivity contribution in [1.82, 2.24) is 5.43 Å². The minimum atomic E-state index is -4.38. The highest BCUT2D eigenvalue weighted by molar-refractivity contribution is 9.10. The summed E-state index contributed by atoms with van der Waals surface area (Å²) in [7, 11) is 0. The summed E-state index contributed by atoms with van der Waals surface area (Å²) >= 11 is 3.08. The standard InChI is InChI=1S/C14H20BrF3N2/c1-9(2)4-3-5-13(20-19)11-7-6-10(15)8-12(11)14(16,17)18/h6-9,13,20H,3-5,19H2,1-2H3. The number of nitrogens with two attached hydrogens (primary N) is 1. The minimum absolute atomic E-state index is 0.201. The Kier molecular flexibility index (Phi) is 6.48. The van der Waals surface area contributed by atoms with Crippen LogP contribution in [0.3, 0.4) is 0 Å². The van der Waals surface area contributed by atoms with Gasteiger partial charge in [-0.2, -0.15) is 13.2 Å². The first kappa shape index (κ1) is 17.5. The van der Waals surface area contributed by atoms with Gasteiger partial charge in [0.15, 0.2) is 0 Å². The van der Waals surface area contributed by atoms with Crippen LogP contribution < -0.4 is 11.3 Å². The molecule has 1 unspecified atom stereocenters. The van der Waals surface area contributed by atoms with Crippen molar-refractivity contribution in [3.05, 3.63) is 33.8 Å². The van der Waals surface area contributed by atoms with Crippen LogP contribution in [0.4, 0.5) is 13.2 Å². The largest absolute Gasteiger partial charge is 0.416 e. The third-order valence-corrected chi connectivity index (χ3v) is 3.66. The fourth-order valence-corrected chi connectivity index (χ4v) is 2.50. The van der Waals surface area contributed by atoms with Crippen molar-refractivity contribution in [2.24, 2.45) is 11.8 Å². The Morgan fingerprint density at radius 1 is 1.25 bits per heavy atom. The van der Waals surface area contributed by atoms with Crippen LogP contribution >= 0.6 is 15.9 Å². The Bertz CT molecular complexity index is 433. The Balaban J connectivity index is 2.97. The molecule has 1 atom stereocenters. The van der Waals surface area contributed by atoms with Gasteiger partial charge in [-0.3, -0.25) is 11.3 Å². The Morgan fingerprint density at radius 2 is 1.90 bits per heavy atom. The molecular formula is C14H20BrF3N2. The highest BCUT2D eigenvalue weighted by atomic mass is 79.9. The maximum atomic E-state index is 13.1. The predicted octanol–water partition coefficient (Wildman–Crippen LogP) is 4.80. The van der Waals surface area contributed by atoms with Crippen molar-refractivity contribution in [2.75, 3.05) is 0 Å². The fraction of sp³-hybridized carbons (Fsp3) is 0.571. The molecule has 0 aliphatic carbocycles. The van der Waals surface area contributed by atoms with Gasteiger partial charge in [0.25, 0.3) is 0 Å². The van der Waals surface area contributed by atoms with E-state index >= 15 is 0 Å². The van der Waals surface area contributed by atoms with Crippen molar-refractivity contribution in [1.29, 1.82) is 0 Å². The van der Waals surface area contributed by atoms with Crippen LogP contribution in [0.2, 0.25) is 0 Å². The average molecular weight is 353 g/mol. The number of rotatable bonds is 6. The van der Waals surface area contributed by atoms with Gasteiger partial charge in [-0.05, 0) is 30.0 Å². The average Bonchev–Trinajstić information content (AvgIpc) is 2.34. The highest BCUT2D eigenvalue weighted by Gasteiger charge is 2.35. The van der Waals surface area contributed by atoms with Crippen LogP contribution in [0.1, 0.15) is 50.3 Å².